The lowest BCUT2D eigenvalue weighted by atomic mass is 10.0. The van der Waals surface area contributed by atoms with Crippen LogP contribution in [0.1, 0.15) is 17.2 Å². The van der Waals surface area contributed by atoms with Gasteiger partial charge in [0.05, 0.1) is 18.8 Å². The van der Waals surface area contributed by atoms with Crippen molar-refractivity contribution < 1.29 is 18.7 Å². The van der Waals surface area contributed by atoms with Crippen LogP contribution in [0.15, 0.2) is 67.3 Å². The van der Waals surface area contributed by atoms with E-state index in [0.29, 0.717) is 22.6 Å². The van der Waals surface area contributed by atoms with Gasteiger partial charge in [0, 0.05) is 36.3 Å². The molecule has 3 aromatic rings. The van der Waals surface area contributed by atoms with E-state index in [2.05, 4.69) is 9.97 Å². The average molecular weight is 379 g/mol. The molecule has 142 valence electrons. The predicted molar refractivity (Wildman–Crippen MR) is 99.1 cm³/mol. The lowest BCUT2D eigenvalue weighted by Crippen LogP contribution is -2.43. The van der Waals surface area contributed by atoms with Crippen molar-refractivity contribution in [1.82, 2.24) is 14.9 Å². The number of pyridine rings is 2. The molecule has 1 aromatic carbocycles. The highest BCUT2D eigenvalue weighted by molar-refractivity contribution is 5.78. The van der Waals surface area contributed by atoms with Gasteiger partial charge in [-0.15, -0.1) is 0 Å². The number of carbonyl (C=O) groups excluding carboxylic acids is 1. The molecule has 0 N–H and O–H groups in total. The minimum atomic E-state index is -0.443. The fourth-order valence-electron chi connectivity index (χ4n) is 3.14. The van der Waals surface area contributed by atoms with Crippen molar-refractivity contribution in [2.45, 2.75) is 12.6 Å². The maximum atomic E-state index is 14.2. The van der Waals surface area contributed by atoms with Crippen molar-refractivity contribution in [3.63, 3.8) is 0 Å². The van der Waals surface area contributed by atoms with Gasteiger partial charge in [-0.2, -0.15) is 0 Å². The highest BCUT2D eigenvalue weighted by Gasteiger charge is 2.32. The molecule has 7 heteroatoms. The van der Waals surface area contributed by atoms with Crippen LogP contribution in [-0.2, 0) is 16.1 Å². The Bertz CT molecular complexity index is 968. The van der Waals surface area contributed by atoms with Gasteiger partial charge in [0.2, 0.25) is 5.91 Å². The van der Waals surface area contributed by atoms with Crippen LogP contribution in [-0.4, -0.2) is 34.0 Å². The van der Waals surface area contributed by atoms with E-state index in [1.165, 1.54) is 6.07 Å². The van der Waals surface area contributed by atoms with Gasteiger partial charge >= 0.3 is 0 Å². The highest BCUT2D eigenvalue weighted by Crippen LogP contribution is 2.34. The van der Waals surface area contributed by atoms with E-state index in [4.69, 9.17) is 9.47 Å². The molecule has 0 spiro atoms. The smallest absolute Gasteiger partial charge is 0.249 e. The summed E-state index contributed by atoms with van der Waals surface area (Å²) in [5.41, 5.74) is 1.14. The van der Waals surface area contributed by atoms with Gasteiger partial charge in [-0.3, -0.25) is 14.8 Å². The number of benzene rings is 1. The molecular formula is C21H18FN3O3. The zero-order chi connectivity index (χ0) is 19.3. The largest absolute Gasteiger partial charge is 0.455 e. The average Bonchev–Trinajstić information content (AvgIpc) is 2.72. The molecule has 2 aromatic heterocycles. The van der Waals surface area contributed by atoms with E-state index in [1.807, 2.05) is 0 Å². The molecule has 0 saturated carbocycles. The molecule has 0 bridgehead atoms. The third-order valence-electron chi connectivity index (χ3n) is 4.53. The van der Waals surface area contributed by atoms with Crippen molar-refractivity contribution in [2.75, 3.05) is 13.2 Å². The third kappa shape index (κ3) is 3.84. The standard InChI is InChI=1S/C21H18FN3O3/c22-18-6-2-1-4-15(18)12-25-19(13-27-14-21(25)26)17-11-24-9-7-20(17)28-16-5-3-8-23-10-16/h1-11,19H,12-14H2. The monoisotopic (exact) mass is 379 g/mol. The molecule has 0 aliphatic carbocycles. The van der Waals surface area contributed by atoms with Gasteiger partial charge in [0.25, 0.3) is 0 Å². The zero-order valence-corrected chi connectivity index (χ0v) is 15.0. The summed E-state index contributed by atoms with van der Waals surface area (Å²) in [4.78, 5) is 22.4. The Morgan fingerprint density at radius 1 is 1.11 bits per heavy atom. The minimum absolute atomic E-state index is 0.0377. The zero-order valence-electron chi connectivity index (χ0n) is 15.0. The van der Waals surface area contributed by atoms with E-state index in [0.717, 1.165) is 0 Å². The highest BCUT2D eigenvalue weighted by atomic mass is 19.1. The summed E-state index contributed by atoms with van der Waals surface area (Å²) >= 11 is 0. The first kappa shape index (κ1) is 18.1. The van der Waals surface area contributed by atoms with Crippen LogP contribution >= 0.6 is 0 Å². The summed E-state index contributed by atoms with van der Waals surface area (Å²) in [5.74, 6) is 0.553. The summed E-state index contributed by atoms with van der Waals surface area (Å²) in [6, 6.07) is 11.3. The van der Waals surface area contributed by atoms with Gasteiger partial charge in [0.1, 0.15) is 23.9 Å². The Hall–Kier alpha value is -3.32. The van der Waals surface area contributed by atoms with Crippen LogP contribution in [0, 0.1) is 5.82 Å². The molecule has 6 nitrogen and oxygen atoms in total. The quantitative estimate of drug-likeness (QED) is 0.679. The maximum absolute atomic E-state index is 14.2. The van der Waals surface area contributed by atoms with Gasteiger partial charge in [-0.05, 0) is 24.3 Å². The number of ether oxygens (including phenoxy) is 2. The van der Waals surface area contributed by atoms with Crippen LogP contribution in [0.2, 0.25) is 0 Å². The van der Waals surface area contributed by atoms with Crippen LogP contribution in [0.4, 0.5) is 4.39 Å². The summed E-state index contributed by atoms with van der Waals surface area (Å²) in [6.07, 6.45) is 6.52. The predicted octanol–water partition coefficient (Wildman–Crippen LogP) is 3.51. The van der Waals surface area contributed by atoms with E-state index < -0.39 is 6.04 Å². The van der Waals surface area contributed by atoms with Crippen LogP contribution in [0.5, 0.6) is 11.5 Å². The van der Waals surface area contributed by atoms with E-state index in [9.17, 15) is 9.18 Å². The van der Waals surface area contributed by atoms with Crippen LogP contribution in [0.3, 0.4) is 0 Å². The Balaban J connectivity index is 1.66. The van der Waals surface area contributed by atoms with Gasteiger partial charge in [-0.1, -0.05) is 18.2 Å². The molecule has 1 atom stereocenters. The van der Waals surface area contributed by atoms with E-state index >= 15 is 0 Å². The van der Waals surface area contributed by atoms with Gasteiger partial charge in [0.15, 0.2) is 0 Å². The second-order valence-corrected chi connectivity index (χ2v) is 6.35. The Labute approximate surface area is 161 Å². The molecule has 1 aliphatic heterocycles. The fraction of sp³-hybridized carbons (Fsp3) is 0.190. The van der Waals surface area contributed by atoms with Crippen LogP contribution in [0.25, 0.3) is 0 Å². The summed E-state index contributed by atoms with van der Waals surface area (Å²) in [6.45, 7) is 0.375. The number of hydrogen-bond acceptors (Lipinski definition) is 5. The van der Waals surface area contributed by atoms with E-state index in [1.54, 1.807) is 66.1 Å². The van der Waals surface area contributed by atoms with Crippen molar-refractivity contribution in [2.24, 2.45) is 0 Å². The number of rotatable bonds is 5. The topological polar surface area (TPSA) is 64.5 Å². The second-order valence-electron chi connectivity index (χ2n) is 6.35. The number of amides is 1. The van der Waals surface area contributed by atoms with Crippen molar-refractivity contribution in [3.05, 3.63) is 84.2 Å². The van der Waals surface area contributed by atoms with Crippen molar-refractivity contribution >= 4 is 5.91 Å². The Kier molecular flexibility index (Phi) is 5.25. The van der Waals surface area contributed by atoms with E-state index in [-0.39, 0.29) is 31.5 Å². The Morgan fingerprint density at radius 2 is 1.96 bits per heavy atom. The number of carbonyl (C=O) groups is 1. The minimum Gasteiger partial charge on any atom is -0.455 e. The first-order valence-electron chi connectivity index (χ1n) is 8.85. The second kappa shape index (κ2) is 8.14. The van der Waals surface area contributed by atoms with Crippen molar-refractivity contribution in [3.8, 4) is 11.5 Å². The molecular weight excluding hydrogens is 361 g/mol. The number of aromatic nitrogens is 2. The normalized spacial score (nSPS) is 16.8. The molecule has 1 amide bonds. The first-order chi connectivity index (χ1) is 13.7. The van der Waals surface area contributed by atoms with Crippen LogP contribution < -0.4 is 4.74 Å². The molecule has 1 aliphatic rings. The molecule has 3 heterocycles. The molecule has 28 heavy (non-hydrogen) atoms. The Morgan fingerprint density at radius 3 is 2.79 bits per heavy atom. The van der Waals surface area contributed by atoms with Gasteiger partial charge in [-0.25, -0.2) is 4.39 Å². The number of halogens is 1. The number of nitrogens with zero attached hydrogens (tertiary/aromatic N) is 3. The third-order valence-corrected chi connectivity index (χ3v) is 4.53. The number of hydrogen-bond donors (Lipinski definition) is 0. The summed E-state index contributed by atoms with van der Waals surface area (Å²) in [5, 5.41) is 0. The lowest BCUT2D eigenvalue weighted by Gasteiger charge is -2.36. The molecule has 1 saturated heterocycles. The van der Waals surface area contributed by atoms with Gasteiger partial charge < -0.3 is 14.4 Å². The van der Waals surface area contributed by atoms with Crippen molar-refractivity contribution in [1.29, 1.82) is 0 Å². The molecule has 0 radical (unpaired) electrons. The number of morpholine rings is 1. The fourth-order valence-corrected chi connectivity index (χ4v) is 3.14. The first-order valence-corrected chi connectivity index (χ1v) is 8.85. The molecule has 1 unspecified atom stereocenters. The molecule has 1 fully saturated rings. The summed E-state index contributed by atoms with van der Waals surface area (Å²) < 4.78 is 25.6. The summed E-state index contributed by atoms with van der Waals surface area (Å²) in [7, 11) is 0. The SMILES string of the molecule is O=C1COCC(c2cnccc2Oc2cccnc2)N1Cc1ccccc1F. The maximum Gasteiger partial charge on any atom is 0.249 e. The lowest BCUT2D eigenvalue weighted by molar-refractivity contribution is -0.149. The molecule has 4 rings (SSSR count).